The van der Waals surface area contributed by atoms with Crippen LogP contribution in [0, 0.1) is 5.92 Å². The maximum Gasteiger partial charge on any atom is 0.305 e. The van der Waals surface area contributed by atoms with Gasteiger partial charge < -0.3 is 19.7 Å². The fourth-order valence-electron chi connectivity index (χ4n) is 4.40. The molecule has 6 heteroatoms. The summed E-state index contributed by atoms with van der Waals surface area (Å²) in [6, 6.07) is 0. The van der Waals surface area contributed by atoms with Gasteiger partial charge in [-0.2, -0.15) is 0 Å². The highest BCUT2D eigenvalue weighted by Gasteiger charge is 2.12. The number of hydrogen-bond acceptors (Lipinski definition) is 6. The van der Waals surface area contributed by atoms with Gasteiger partial charge >= 0.3 is 11.9 Å². The molecule has 0 aromatic carbocycles. The lowest BCUT2D eigenvalue weighted by Crippen LogP contribution is -2.25. The van der Waals surface area contributed by atoms with Gasteiger partial charge in [-0.05, 0) is 50.9 Å². The monoisotopic (exact) mass is 604 g/mol. The molecule has 0 bridgehead atoms. The molecule has 2 N–H and O–H groups in total. The van der Waals surface area contributed by atoms with Crippen LogP contribution in [0.2, 0.25) is 0 Å². The van der Waals surface area contributed by atoms with E-state index in [2.05, 4.69) is 57.2 Å². The molecule has 6 nitrogen and oxygen atoms in total. The van der Waals surface area contributed by atoms with E-state index >= 15 is 0 Å². The smallest absolute Gasteiger partial charge is 0.305 e. The van der Waals surface area contributed by atoms with Crippen molar-refractivity contribution in [1.82, 2.24) is 0 Å². The lowest BCUT2D eigenvalue weighted by atomic mass is 10.0. The first kappa shape index (κ1) is 40.8. The molecule has 0 saturated carbocycles. The van der Waals surface area contributed by atoms with Crippen molar-refractivity contribution in [3.05, 3.63) is 48.6 Å². The number of allylic oxidation sites excluding steroid dienone is 7. The molecule has 0 rings (SSSR count). The highest BCUT2D eigenvalue weighted by Crippen LogP contribution is 2.13. The molecule has 0 aliphatic heterocycles. The van der Waals surface area contributed by atoms with Crippen LogP contribution in [-0.2, 0) is 19.1 Å². The van der Waals surface area contributed by atoms with Crippen LogP contribution >= 0.6 is 0 Å². The third-order valence-electron chi connectivity index (χ3n) is 7.07. The Morgan fingerprint density at radius 2 is 1.09 bits per heavy atom. The summed E-state index contributed by atoms with van der Waals surface area (Å²) in [4.78, 5) is 23.8. The van der Waals surface area contributed by atoms with E-state index in [1.165, 1.54) is 38.5 Å². The lowest BCUT2D eigenvalue weighted by Gasteiger charge is -2.12. The number of carbonyl (C=O) groups excluding carboxylic acids is 2. The van der Waals surface area contributed by atoms with E-state index in [1.54, 1.807) is 0 Å². The quantitative estimate of drug-likeness (QED) is 0.0502. The molecule has 0 aromatic heterocycles. The number of aliphatic hydroxyl groups is 2. The van der Waals surface area contributed by atoms with E-state index < -0.39 is 6.10 Å². The Balaban J connectivity index is 3.62. The van der Waals surface area contributed by atoms with E-state index in [1.807, 2.05) is 12.2 Å². The van der Waals surface area contributed by atoms with Gasteiger partial charge in [0.15, 0.2) is 0 Å². The SMILES string of the molecule is CCCC[C@H](O)/C=C\C/C=C\C/C=C\C/C=C\CCCC(=O)OC[C@H](O)COC(=O)CCCCCCCCCCC(C)C. The first-order chi connectivity index (χ1) is 20.8. The minimum atomic E-state index is -0.995. The van der Waals surface area contributed by atoms with Gasteiger partial charge in [-0.25, -0.2) is 0 Å². The third-order valence-corrected chi connectivity index (χ3v) is 7.07. The summed E-state index contributed by atoms with van der Waals surface area (Å²) in [6.07, 6.45) is 33.6. The number of aliphatic hydroxyl groups excluding tert-OH is 2. The Kier molecular flexibility index (Phi) is 29.7. The highest BCUT2D eigenvalue weighted by atomic mass is 16.6. The van der Waals surface area contributed by atoms with Crippen LogP contribution in [0.15, 0.2) is 48.6 Å². The van der Waals surface area contributed by atoms with Gasteiger partial charge in [0, 0.05) is 12.8 Å². The number of unbranched alkanes of at least 4 members (excludes halogenated alkanes) is 9. The zero-order chi connectivity index (χ0) is 31.8. The molecular formula is C37H64O6. The van der Waals surface area contributed by atoms with E-state index in [0.29, 0.717) is 19.3 Å². The molecule has 0 fully saturated rings. The van der Waals surface area contributed by atoms with Gasteiger partial charge in [0.1, 0.15) is 19.3 Å². The fraction of sp³-hybridized carbons (Fsp3) is 0.730. The van der Waals surface area contributed by atoms with Crippen LogP contribution in [0.5, 0.6) is 0 Å². The number of esters is 2. The second-order valence-corrected chi connectivity index (χ2v) is 11.9. The second-order valence-electron chi connectivity index (χ2n) is 11.9. The molecule has 0 amide bonds. The third kappa shape index (κ3) is 32.6. The van der Waals surface area contributed by atoms with Gasteiger partial charge in [0.2, 0.25) is 0 Å². The summed E-state index contributed by atoms with van der Waals surface area (Å²) in [5.41, 5.74) is 0. The topological polar surface area (TPSA) is 93.1 Å². The van der Waals surface area contributed by atoms with Crippen molar-refractivity contribution in [2.75, 3.05) is 13.2 Å². The number of ether oxygens (including phenoxy) is 2. The van der Waals surface area contributed by atoms with Crippen molar-refractivity contribution in [2.45, 2.75) is 155 Å². The van der Waals surface area contributed by atoms with Crippen LogP contribution in [0.1, 0.15) is 143 Å². The molecule has 0 aliphatic carbocycles. The van der Waals surface area contributed by atoms with Crippen LogP contribution < -0.4 is 0 Å². The number of hydrogen-bond donors (Lipinski definition) is 2. The molecule has 0 unspecified atom stereocenters. The predicted octanol–water partition coefficient (Wildman–Crippen LogP) is 9.11. The summed E-state index contributed by atoms with van der Waals surface area (Å²) in [5, 5.41) is 19.7. The van der Waals surface area contributed by atoms with Crippen molar-refractivity contribution in [1.29, 1.82) is 0 Å². The molecule has 0 saturated heterocycles. The Bertz CT molecular complexity index is 767. The molecule has 0 radical (unpaired) electrons. The molecule has 0 aliphatic rings. The zero-order valence-electron chi connectivity index (χ0n) is 27.7. The number of carbonyl (C=O) groups is 2. The Hall–Kier alpha value is -2.18. The molecule has 248 valence electrons. The lowest BCUT2D eigenvalue weighted by molar-refractivity contribution is -0.152. The van der Waals surface area contributed by atoms with Crippen molar-refractivity contribution in [3.8, 4) is 0 Å². The van der Waals surface area contributed by atoms with Gasteiger partial charge in [0.25, 0.3) is 0 Å². The van der Waals surface area contributed by atoms with Gasteiger partial charge in [-0.15, -0.1) is 0 Å². The summed E-state index contributed by atoms with van der Waals surface area (Å²) in [5.74, 6) is 0.143. The standard InChI is InChI=1S/C37H64O6/c1-4-5-27-34(38)28-23-19-15-10-8-6-7-9-11-16-20-24-29-36(40)42-31-35(39)32-43-37(41)30-25-21-17-13-12-14-18-22-26-33(2)3/h6-7,10-11,15-16,23,28,33-35,38-39H,4-5,8-9,12-14,17-22,24-27,29-32H2,1-3H3/b7-6-,15-10-,16-11-,28-23-/t34-,35-/m0/s1. The van der Waals surface area contributed by atoms with Crippen LogP contribution in [0.4, 0.5) is 0 Å². The summed E-state index contributed by atoms with van der Waals surface area (Å²) >= 11 is 0. The largest absolute Gasteiger partial charge is 0.463 e. The van der Waals surface area contributed by atoms with Crippen molar-refractivity contribution < 1.29 is 29.3 Å². The fourth-order valence-corrected chi connectivity index (χ4v) is 4.40. The number of rotatable bonds is 29. The molecule has 0 spiro atoms. The van der Waals surface area contributed by atoms with Crippen LogP contribution in [0.3, 0.4) is 0 Å². The van der Waals surface area contributed by atoms with Gasteiger partial charge in [0.05, 0.1) is 6.10 Å². The minimum Gasteiger partial charge on any atom is -0.463 e. The molecule has 2 atom stereocenters. The van der Waals surface area contributed by atoms with E-state index in [0.717, 1.165) is 70.1 Å². The predicted molar refractivity (Wildman–Crippen MR) is 179 cm³/mol. The van der Waals surface area contributed by atoms with Gasteiger partial charge in [-0.1, -0.05) is 134 Å². The summed E-state index contributed by atoms with van der Waals surface area (Å²) in [7, 11) is 0. The molecule has 0 heterocycles. The normalized spacial score (nSPS) is 13.6. The van der Waals surface area contributed by atoms with E-state index in [9.17, 15) is 19.8 Å². The maximum absolute atomic E-state index is 11.9. The van der Waals surface area contributed by atoms with E-state index in [-0.39, 0.29) is 31.3 Å². The van der Waals surface area contributed by atoms with Gasteiger partial charge in [-0.3, -0.25) is 9.59 Å². The Labute approximate surface area is 263 Å². The zero-order valence-corrected chi connectivity index (χ0v) is 27.7. The van der Waals surface area contributed by atoms with Crippen molar-refractivity contribution in [2.24, 2.45) is 5.92 Å². The minimum absolute atomic E-state index is 0.144. The summed E-state index contributed by atoms with van der Waals surface area (Å²) in [6.45, 7) is 6.37. The molecule has 0 aromatic rings. The first-order valence-electron chi connectivity index (χ1n) is 17.1. The molecular weight excluding hydrogens is 540 g/mol. The molecule has 43 heavy (non-hydrogen) atoms. The average molecular weight is 605 g/mol. The highest BCUT2D eigenvalue weighted by molar-refractivity contribution is 5.69. The Morgan fingerprint density at radius 1 is 0.605 bits per heavy atom. The van der Waals surface area contributed by atoms with E-state index in [4.69, 9.17) is 9.47 Å². The summed E-state index contributed by atoms with van der Waals surface area (Å²) < 4.78 is 10.2. The second kappa shape index (κ2) is 31.3. The van der Waals surface area contributed by atoms with Crippen LogP contribution in [0.25, 0.3) is 0 Å². The van der Waals surface area contributed by atoms with Crippen LogP contribution in [-0.4, -0.2) is 47.6 Å². The van der Waals surface area contributed by atoms with Crippen molar-refractivity contribution >= 4 is 11.9 Å². The first-order valence-corrected chi connectivity index (χ1v) is 17.1. The maximum atomic E-state index is 11.9. The van der Waals surface area contributed by atoms with Crippen molar-refractivity contribution in [3.63, 3.8) is 0 Å². The average Bonchev–Trinajstić information content (AvgIpc) is 2.98. The Morgan fingerprint density at radius 3 is 1.65 bits per heavy atom.